The molecule has 1 saturated heterocycles. The number of nitrogens with one attached hydrogen (secondary N) is 2. The lowest BCUT2D eigenvalue weighted by Crippen LogP contribution is -2.45. The molecule has 3 heterocycles. The Morgan fingerprint density at radius 2 is 1.91 bits per heavy atom. The Labute approximate surface area is 212 Å². The molecule has 0 bridgehead atoms. The molecular formula is C26H24Cl2N6O. The molecule has 9 heteroatoms. The number of anilines is 1. The van der Waals surface area contributed by atoms with E-state index in [0.29, 0.717) is 43.9 Å². The molecule has 2 aliphatic rings. The van der Waals surface area contributed by atoms with Gasteiger partial charge in [0, 0.05) is 30.3 Å². The van der Waals surface area contributed by atoms with Crippen LogP contribution < -0.4 is 16.2 Å². The van der Waals surface area contributed by atoms with Gasteiger partial charge < -0.3 is 10.6 Å². The fourth-order valence-electron chi connectivity index (χ4n) is 5.63. The van der Waals surface area contributed by atoms with Gasteiger partial charge in [-0.2, -0.15) is 10.1 Å². The first kappa shape index (κ1) is 22.3. The maximum Gasteiger partial charge on any atom is 0.264 e. The number of rotatable bonds is 3. The number of piperidine rings is 1. The molecule has 6 rings (SSSR count). The standard InChI is InChI=1S/C26H24Cl2N6O/c1-14(16-7-4-8-18(27)20(16)28)21-19-23(33-32-21)30-25(31-24(19)35)34-11-9-26(10-12-34)13-15-5-2-3-6-17(15)22(26)29/h2-8,22H,1,9-13,29H2,(H2,30,31,32,33,35)/t22-/m1/s1. The Kier molecular flexibility index (Phi) is 5.25. The van der Waals surface area contributed by atoms with Gasteiger partial charge in [0.1, 0.15) is 5.39 Å². The molecule has 7 nitrogen and oxygen atoms in total. The van der Waals surface area contributed by atoms with E-state index in [4.69, 9.17) is 28.9 Å². The lowest BCUT2D eigenvalue weighted by Gasteiger charge is -2.42. The number of hydrogen-bond donors (Lipinski definition) is 3. The van der Waals surface area contributed by atoms with Crippen LogP contribution in [-0.4, -0.2) is 33.3 Å². The van der Waals surface area contributed by atoms with Crippen LogP contribution >= 0.6 is 23.2 Å². The SMILES string of the molecule is C=C(c1cccc(Cl)c1Cl)c1[nH]nc2nc(N3CCC4(CC3)Cc3ccccc3[C@H]4N)[nH]c(=O)c12. The normalized spacial score (nSPS) is 18.8. The van der Waals surface area contributed by atoms with Crippen LogP contribution in [0.2, 0.25) is 10.0 Å². The summed E-state index contributed by atoms with van der Waals surface area (Å²) in [4.78, 5) is 22.9. The quantitative estimate of drug-likeness (QED) is 0.368. The zero-order valence-corrected chi connectivity index (χ0v) is 20.5. The minimum atomic E-state index is -0.279. The fraction of sp³-hybridized carbons (Fsp3) is 0.269. The number of hydrogen-bond acceptors (Lipinski definition) is 5. The summed E-state index contributed by atoms with van der Waals surface area (Å²) in [5, 5.41) is 8.35. The molecule has 0 amide bonds. The number of aromatic amines is 2. The summed E-state index contributed by atoms with van der Waals surface area (Å²) in [5.74, 6) is 0.519. The van der Waals surface area contributed by atoms with Crippen molar-refractivity contribution in [3.8, 4) is 0 Å². The number of benzene rings is 2. The summed E-state index contributed by atoms with van der Waals surface area (Å²) in [6, 6.07) is 13.8. The maximum absolute atomic E-state index is 13.2. The summed E-state index contributed by atoms with van der Waals surface area (Å²) >= 11 is 12.5. The summed E-state index contributed by atoms with van der Waals surface area (Å²) in [6.45, 7) is 5.64. The van der Waals surface area contributed by atoms with Crippen LogP contribution in [0.5, 0.6) is 0 Å². The Balaban J connectivity index is 1.27. The first-order valence-electron chi connectivity index (χ1n) is 11.6. The third-order valence-corrected chi connectivity index (χ3v) is 8.46. The number of nitrogens with two attached hydrogens (primary N) is 1. The van der Waals surface area contributed by atoms with E-state index in [1.807, 2.05) is 0 Å². The Morgan fingerprint density at radius 1 is 1.14 bits per heavy atom. The van der Waals surface area contributed by atoms with Gasteiger partial charge in [0.2, 0.25) is 5.95 Å². The predicted octanol–water partition coefficient (Wildman–Crippen LogP) is 4.86. The van der Waals surface area contributed by atoms with Crippen LogP contribution in [0.15, 0.2) is 53.8 Å². The minimum absolute atomic E-state index is 0.0357. The lowest BCUT2D eigenvalue weighted by atomic mass is 9.73. The molecule has 178 valence electrons. The van der Waals surface area contributed by atoms with Crippen LogP contribution in [-0.2, 0) is 6.42 Å². The van der Waals surface area contributed by atoms with Gasteiger partial charge in [-0.05, 0) is 41.9 Å². The smallest absolute Gasteiger partial charge is 0.264 e. The molecule has 1 aliphatic heterocycles. The van der Waals surface area contributed by atoms with Crippen LogP contribution in [0.3, 0.4) is 0 Å². The van der Waals surface area contributed by atoms with E-state index in [-0.39, 0.29) is 17.0 Å². The van der Waals surface area contributed by atoms with E-state index < -0.39 is 0 Å². The van der Waals surface area contributed by atoms with Gasteiger partial charge in [-0.3, -0.25) is 14.9 Å². The maximum atomic E-state index is 13.2. The first-order valence-corrected chi connectivity index (χ1v) is 12.3. The third kappa shape index (κ3) is 3.49. The predicted molar refractivity (Wildman–Crippen MR) is 140 cm³/mol. The topological polar surface area (TPSA) is 104 Å². The second-order valence-electron chi connectivity index (χ2n) is 9.47. The van der Waals surface area contributed by atoms with E-state index in [1.165, 1.54) is 11.1 Å². The zero-order valence-electron chi connectivity index (χ0n) is 18.9. The van der Waals surface area contributed by atoms with Crippen LogP contribution in [0.1, 0.15) is 41.3 Å². The Hall–Kier alpha value is -3.13. The van der Waals surface area contributed by atoms with Crippen molar-refractivity contribution in [1.29, 1.82) is 0 Å². The molecular weight excluding hydrogens is 483 g/mol. The second-order valence-corrected chi connectivity index (χ2v) is 10.3. The highest BCUT2D eigenvalue weighted by atomic mass is 35.5. The highest BCUT2D eigenvalue weighted by Crippen LogP contribution is 2.50. The van der Waals surface area contributed by atoms with Crippen molar-refractivity contribution in [1.82, 2.24) is 20.2 Å². The van der Waals surface area contributed by atoms with Crippen LogP contribution in [0.4, 0.5) is 5.95 Å². The molecule has 1 aliphatic carbocycles. The monoisotopic (exact) mass is 506 g/mol. The molecule has 2 aromatic carbocycles. The molecule has 1 spiro atoms. The van der Waals surface area contributed by atoms with E-state index in [1.54, 1.807) is 18.2 Å². The van der Waals surface area contributed by atoms with Gasteiger partial charge in [-0.15, -0.1) is 0 Å². The molecule has 4 N–H and O–H groups in total. The molecule has 0 saturated carbocycles. The highest BCUT2D eigenvalue weighted by molar-refractivity contribution is 6.43. The van der Waals surface area contributed by atoms with Crippen molar-refractivity contribution < 1.29 is 0 Å². The summed E-state index contributed by atoms with van der Waals surface area (Å²) in [6.07, 6.45) is 2.86. The third-order valence-electron chi connectivity index (χ3n) is 7.64. The van der Waals surface area contributed by atoms with Gasteiger partial charge in [0.05, 0.1) is 15.7 Å². The van der Waals surface area contributed by atoms with Crippen molar-refractivity contribution >= 4 is 45.8 Å². The molecule has 1 atom stereocenters. The number of aromatic nitrogens is 4. The number of nitrogens with zero attached hydrogens (tertiary/aromatic N) is 3. The zero-order chi connectivity index (χ0) is 24.3. The molecule has 0 unspecified atom stereocenters. The molecule has 2 aromatic heterocycles. The summed E-state index contributed by atoms with van der Waals surface area (Å²) < 4.78 is 0. The van der Waals surface area contributed by atoms with Gasteiger partial charge >= 0.3 is 0 Å². The number of fused-ring (bicyclic) bond motifs is 2. The molecule has 0 radical (unpaired) electrons. The van der Waals surface area contributed by atoms with Gasteiger partial charge in [-0.1, -0.05) is 66.2 Å². The van der Waals surface area contributed by atoms with Crippen molar-refractivity contribution in [2.45, 2.75) is 25.3 Å². The van der Waals surface area contributed by atoms with E-state index in [2.05, 4.69) is 55.9 Å². The van der Waals surface area contributed by atoms with Crippen molar-refractivity contribution in [3.63, 3.8) is 0 Å². The van der Waals surface area contributed by atoms with Gasteiger partial charge in [-0.25, -0.2) is 0 Å². The fourth-order valence-corrected chi connectivity index (χ4v) is 6.04. The average molecular weight is 507 g/mol. The lowest BCUT2D eigenvalue weighted by molar-refractivity contribution is 0.187. The number of H-pyrrole nitrogens is 2. The minimum Gasteiger partial charge on any atom is -0.342 e. The number of halogens is 2. The highest BCUT2D eigenvalue weighted by Gasteiger charge is 2.46. The molecule has 1 fully saturated rings. The second kappa shape index (κ2) is 8.22. The molecule has 4 aromatic rings. The molecule has 35 heavy (non-hydrogen) atoms. The average Bonchev–Trinajstić information content (AvgIpc) is 3.41. The van der Waals surface area contributed by atoms with E-state index in [9.17, 15) is 4.79 Å². The van der Waals surface area contributed by atoms with Crippen LogP contribution in [0.25, 0.3) is 16.6 Å². The van der Waals surface area contributed by atoms with Gasteiger partial charge in [0.15, 0.2) is 5.65 Å². The van der Waals surface area contributed by atoms with Crippen molar-refractivity contribution in [3.05, 3.63) is 91.8 Å². The first-order chi connectivity index (χ1) is 16.9. The van der Waals surface area contributed by atoms with Crippen LogP contribution in [0, 0.1) is 5.41 Å². The van der Waals surface area contributed by atoms with E-state index in [0.717, 1.165) is 32.4 Å². The van der Waals surface area contributed by atoms with E-state index >= 15 is 0 Å². The van der Waals surface area contributed by atoms with Crippen molar-refractivity contribution in [2.75, 3.05) is 18.0 Å². The Bertz CT molecular complexity index is 1530. The van der Waals surface area contributed by atoms with Gasteiger partial charge in [0.25, 0.3) is 5.56 Å². The Morgan fingerprint density at radius 3 is 2.69 bits per heavy atom. The van der Waals surface area contributed by atoms with Crippen molar-refractivity contribution in [2.24, 2.45) is 11.1 Å². The summed E-state index contributed by atoms with van der Waals surface area (Å²) in [7, 11) is 0. The largest absolute Gasteiger partial charge is 0.342 e. The summed E-state index contributed by atoms with van der Waals surface area (Å²) in [5.41, 5.74) is 11.1.